The number of ether oxygens (including phenoxy) is 1. The summed E-state index contributed by atoms with van der Waals surface area (Å²) in [5, 5.41) is 3.26. The Kier molecular flexibility index (Phi) is 6.32. The van der Waals surface area contributed by atoms with Gasteiger partial charge in [-0.1, -0.05) is 19.1 Å². The van der Waals surface area contributed by atoms with E-state index in [-0.39, 0.29) is 17.6 Å². The van der Waals surface area contributed by atoms with Crippen molar-refractivity contribution in [2.24, 2.45) is 0 Å². The van der Waals surface area contributed by atoms with E-state index in [1.807, 2.05) is 6.92 Å². The van der Waals surface area contributed by atoms with Crippen LogP contribution < -0.4 is 15.8 Å². The predicted molar refractivity (Wildman–Crippen MR) is 93.9 cm³/mol. The molecule has 0 saturated heterocycles. The van der Waals surface area contributed by atoms with Crippen molar-refractivity contribution in [1.29, 1.82) is 0 Å². The lowest BCUT2D eigenvalue weighted by Gasteiger charge is -2.16. The highest BCUT2D eigenvalue weighted by molar-refractivity contribution is 6.01. The van der Waals surface area contributed by atoms with Crippen molar-refractivity contribution in [3.63, 3.8) is 0 Å². The molecule has 5 heteroatoms. The summed E-state index contributed by atoms with van der Waals surface area (Å²) >= 11 is 0. The molecule has 0 spiro atoms. The van der Waals surface area contributed by atoms with Gasteiger partial charge in [-0.15, -0.1) is 0 Å². The van der Waals surface area contributed by atoms with Crippen molar-refractivity contribution < 1.29 is 13.9 Å². The van der Waals surface area contributed by atoms with Gasteiger partial charge in [0.25, 0.3) is 0 Å². The molecule has 0 aliphatic heterocycles. The number of carbonyl (C=O) groups excluding carboxylic acids is 1. The Hall–Kier alpha value is -2.40. The Morgan fingerprint density at radius 1 is 1.25 bits per heavy atom. The molecular weight excluding hydrogens is 307 g/mol. The molecule has 2 rings (SSSR count). The van der Waals surface area contributed by atoms with Crippen LogP contribution in [0.3, 0.4) is 0 Å². The summed E-state index contributed by atoms with van der Waals surface area (Å²) in [6.45, 7) is 2.60. The number of nitrogens with two attached hydrogens (primary N) is 1. The molecular formula is C19H23FN2O2. The molecule has 0 heterocycles. The first-order valence-corrected chi connectivity index (χ1v) is 8.00. The molecule has 0 aliphatic carbocycles. The normalized spacial score (nSPS) is 12.0. The van der Waals surface area contributed by atoms with Crippen LogP contribution in [0.5, 0.6) is 5.75 Å². The third-order valence-electron chi connectivity index (χ3n) is 3.96. The maximum atomic E-state index is 12.9. The van der Waals surface area contributed by atoms with Gasteiger partial charge in [0.2, 0.25) is 0 Å². The summed E-state index contributed by atoms with van der Waals surface area (Å²) in [6.07, 6.45) is 1.41. The van der Waals surface area contributed by atoms with Crippen molar-refractivity contribution in [3.05, 3.63) is 59.4 Å². The number of nitrogen functional groups attached to an aromatic ring is 1. The molecule has 0 saturated carbocycles. The fourth-order valence-electron chi connectivity index (χ4n) is 2.55. The van der Waals surface area contributed by atoms with Gasteiger partial charge in [-0.2, -0.15) is 0 Å². The Morgan fingerprint density at radius 3 is 2.54 bits per heavy atom. The monoisotopic (exact) mass is 330 g/mol. The Bertz CT molecular complexity index is 686. The van der Waals surface area contributed by atoms with E-state index < -0.39 is 0 Å². The first-order chi connectivity index (χ1) is 11.5. The number of halogens is 1. The van der Waals surface area contributed by atoms with Crippen molar-refractivity contribution >= 4 is 11.5 Å². The van der Waals surface area contributed by atoms with Gasteiger partial charge >= 0.3 is 0 Å². The average molecular weight is 330 g/mol. The fraction of sp³-hybridized carbons (Fsp3) is 0.316. The summed E-state index contributed by atoms with van der Waals surface area (Å²) in [5.74, 6) is 0.320. The van der Waals surface area contributed by atoms with Gasteiger partial charge < -0.3 is 15.8 Å². The molecule has 128 valence electrons. The summed E-state index contributed by atoms with van der Waals surface area (Å²) in [6, 6.07) is 11.2. The zero-order chi connectivity index (χ0) is 17.5. The largest absolute Gasteiger partial charge is 0.495 e. The van der Waals surface area contributed by atoms with Gasteiger partial charge in [0.1, 0.15) is 11.6 Å². The van der Waals surface area contributed by atoms with E-state index in [4.69, 9.17) is 10.5 Å². The molecule has 24 heavy (non-hydrogen) atoms. The number of nitrogens with one attached hydrogen (secondary N) is 1. The molecule has 0 radical (unpaired) electrons. The van der Waals surface area contributed by atoms with Crippen LogP contribution in [0.15, 0.2) is 42.5 Å². The number of benzene rings is 2. The van der Waals surface area contributed by atoms with Crippen LogP contribution in [0.2, 0.25) is 0 Å². The van der Waals surface area contributed by atoms with Crippen LogP contribution in [0.1, 0.15) is 29.3 Å². The standard InChI is InChI=1S/C19H23FN2O2/c1-3-17(22-11-10-13-4-7-15(20)8-5-13)19(23)14-6-9-18(24-2)16(21)12-14/h4-9,12,17,22H,3,10-11,21H2,1-2H3. The van der Waals surface area contributed by atoms with Gasteiger partial charge in [-0.25, -0.2) is 4.39 Å². The van der Waals surface area contributed by atoms with E-state index in [0.717, 1.165) is 12.0 Å². The summed E-state index contributed by atoms with van der Waals surface area (Å²) in [7, 11) is 1.54. The average Bonchev–Trinajstić information content (AvgIpc) is 2.59. The van der Waals surface area contributed by atoms with Gasteiger partial charge in [0.15, 0.2) is 5.78 Å². The minimum Gasteiger partial charge on any atom is -0.495 e. The quantitative estimate of drug-likeness (QED) is 0.576. The topological polar surface area (TPSA) is 64.3 Å². The van der Waals surface area contributed by atoms with Gasteiger partial charge in [0, 0.05) is 5.56 Å². The van der Waals surface area contributed by atoms with Crippen LogP contribution in [0.25, 0.3) is 0 Å². The first-order valence-electron chi connectivity index (χ1n) is 8.00. The Morgan fingerprint density at radius 2 is 1.96 bits per heavy atom. The minimum atomic E-state index is -0.279. The van der Waals surface area contributed by atoms with Crippen LogP contribution >= 0.6 is 0 Å². The number of anilines is 1. The molecule has 1 unspecified atom stereocenters. The maximum Gasteiger partial charge on any atom is 0.179 e. The van der Waals surface area contributed by atoms with Crippen molar-refractivity contribution in [2.75, 3.05) is 19.4 Å². The van der Waals surface area contributed by atoms with Gasteiger partial charge in [-0.05, 0) is 55.3 Å². The van der Waals surface area contributed by atoms with Crippen molar-refractivity contribution in [2.45, 2.75) is 25.8 Å². The zero-order valence-electron chi connectivity index (χ0n) is 14.0. The zero-order valence-corrected chi connectivity index (χ0v) is 14.0. The lowest BCUT2D eigenvalue weighted by atomic mass is 10.0. The Balaban J connectivity index is 1.96. The van der Waals surface area contributed by atoms with Crippen molar-refractivity contribution in [1.82, 2.24) is 5.32 Å². The number of rotatable bonds is 8. The molecule has 0 bridgehead atoms. The molecule has 3 N–H and O–H groups in total. The molecule has 2 aromatic carbocycles. The first kappa shape index (κ1) is 17.9. The molecule has 0 amide bonds. The fourth-order valence-corrected chi connectivity index (χ4v) is 2.55. The van der Waals surface area contributed by atoms with Crippen LogP contribution in [-0.2, 0) is 6.42 Å². The second kappa shape index (κ2) is 8.45. The molecule has 0 fully saturated rings. The van der Waals surface area contributed by atoms with Crippen LogP contribution in [-0.4, -0.2) is 25.5 Å². The highest BCUT2D eigenvalue weighted by atomic mass is 19.1. The third kappa shape index (κ3) is 4.55. The second-order valence-electron chi connectivity index (χ2n) is 5.61. The van der Waals surface area contributed by atoms with E-state index in [2.05, 4.69) is 5.32 Å². The maximum absolute atomic E-state index is 12.9. The Labute approximate surface area is 141 Å². The van der Waals surface area contributed by atoms with E-state index in [9.17, 15) is 9.18 Å². The molecule has 0 aliphatic rings. The molecule has 4 nitrogen and oxygen atoms in total. The van der Waals surface area contributed by atoms with Gasteiger partial charge in [-0.3, -0.25) is 4.79 Å². The number of hydrogen-bond acceptors (Lipinski definition) is 4. The van der Waals surface area contributed by atoms with E-state index in [0.29, 0.717) is 30.0 Å². The number of hydrogen-bond donors (Lipinski definition) is 2. The number of Topliss-reactive ketones (excluding diaryl/α,β-unsaturated/α-hetero) is 1. The highest BCUT2D eigenvalue weighted by Gasteiger charge is 2.18. The van der Waals surface area contributed by atoms with Crippen LogP contribution in [0, 0.1) is 5.82 Å². The predicted octanol–water partition coefficient (Wildman–Crippen LogP) is 3.21. The van der Waals surface area contributed by atoms with Gasteiger partial charge in [0.05, 0.1) is 18.8 Å². The second-order valence-corrected chi connectivity index (χ2v) is 5.61. The molecule has 2 aromatic rings. The van der Waals surface area contributed by atoms with E-state index in [1.165, 1.54) is 12.1 Å². The van der Waals surface area contributed by atoms with Crippen LogP contribution in [0.4, 0.5) is 10.1 Å². The number of ketones is 1. The third-order valence-corrected chi connectivity index (χ3v) is 3.96. The lowest BCUT2D eigenvalue weighted by molar-refractivity contribution is 0.0941. The summed E-state index contributed by atoms with van der Waals surface area (Å²) in [5.41, 5.74) is 7.91. The summed E-state index contributed by atoms with van der Waals surface area (Å²) < 4.78 is 18.0. The minimum absolute atomic E-state index is 0.00552. The van der Waals surface area contributed by atoms with E-state index >= 15 is 0 Å². The van der Waals surface area contributed by atoms with Crippen molar-refractivity contribution in [3.8, 4) is 5.75 Å². The lowest BCUT2D eigenvalue weighted by Crippen LogP contribution is -2.37. The SMILES string of the molecule is CCC(NCCc1ccc(F)cc1)C(=O)c1ccc(OC)c(N)c1. The molecule has 0 aromatic heterocycles. The number of carbonyl (C=O) groups is 1. The summed E-state index contributed by atoms with van der Waals surface area (Å²) in [4.78, 5) is 12.6. The highest BCUT2D eigenvalue weighted by Crippen LogP contribution is 2.22. The van der Waals surface area contributed by atoms with E-state index in [1.54, 1.807) is 37.4 Å². The molecule has 1 atom stereocenters. The smallest absolute Gasteiger partial charge is 0.179 e. The number of methoxy groups -OCH3 is 1.